The number of sulfone groups is 1. The van der Waals surface area contributed by atoms with E-state index >= 15 is 0 Å². The van der Waals surface area contributed by atoms with Gasteiger partial charge >= 0.3 is 0 Å². The van der Waals surface area contributed by atoms with E-state index in [0.29, 0.717) is 17.9 Å². The van der Waals surface area contributed by atoms with Crippen molar-refractivity contribution in [3.63, 3.8) is 0 Å². The van der Waals surface area contributed by atoms with Gasteiger partial charge in [0.2, 0.25) is 0 Å². The summed E-state index contributed by atoms with van der Waals surface area (Å²) < 4.78 is 30.0. The number of hydrogen-bond donors (Lipinski definition) is 0. The Morgan fingerprint density at radius 2 is 1.67 bits per heavy atom. The summed E-state index contributed by atoms with van der Waals surface area (Å²) in [5.74, 6) is 1.18. The Labute approximate surface area is 130 Å². The van der Waals surface area contributed by atoms with E-state index in [1.807, 2.05) is 38.1 Å². The molecule has 3 nitrogen and oxygen atoms in total. The summed E-state index contributed by atoms with van der Waals surface area (Å²) in [6.07, 6.45) is 0.543. The predicted octanol–water partition coefficient (Wildman–Crippen LogP) is 4.62. The molecule has 0 saturated heterocycles. The lowest BCUT2D eigenvalue weighted by molar-refractivity contribution is 0.480. The van der Waals surface area contributed by atoms with E-state index in [2.05, 4.69) is 0 Å². The molecular weight excluding hydrogens is 308 g/mol. The average Bonchev–Trinajstić information content (AvgIpc) is 2.43. The third kappa shape index (κ3) is 3.99. The molecule has 21 heavy (non-hydrogen) atoms. The van der Waals surface area contributed by atoms with Gasteiger partial charge in [-0.3, -0.25) is 0 Å². The normalized spacial score (nSPS) is 11.4. The summed E-state index contributed by atoms with van der Waals surface area (Å²) in [4.78, 5) is 0.121. The minimum atomic E-state index is -3.37. The molecule has 0 unspecified atom stereocenters. The van der Waals surface area contributed by atoms with Gasteiger partial charge in [0.1, 0.15) is 11.5 Å². The number of aryl methyl sites for hydroxylation is 1. The van der Waals surface area contributed by atoms with Crippen molar-refractivity contribution < 1.29 is 13.2 Å². The summed E-state index contributed by atoms with van der Waals surface area (Å²) in [5.41, 5.74) is 1.13. The first kappa shape index (κ1) is 15.9. The Balaban J connectivity index is 2.32. The van der Waals surface area contributed by atoms with E-state index in [0.717, 1.165) is 5.56 Å². The fourth-order valence-corrected chi connectivity index (χ4v) is 3.80. The van der Waals surface area contributed by atoms with E-state index in [-0.39, 0.29) is 15.7 Å². The maximum Gasteiger partial charge on any atom is 0.179 e. The predicted molar refractivity (Wildman–Crippen MR) is 85.0 cm³/mol. The van der Waals surface area contributed by atoms with E-state index < -0.39 is 9.84 Å². The van der Waals surface area contributed by atoms with Crippen molar-refractivity contribution in [3.8, 4) is 11.5 Å². The van der Waals surface area contributed by atoms with Gasteiger partial charge in [0.05, 0.1) is 15.7 Å². The second kappa shape index (κ2) is 6.50. The molecule has 0 fully saturated rings. The number of ether oxygens (including phenoxy) is 1. The Morgan fingerprint density at radius 1 is 1.05 bits per heavy atom. The van der Waals surface area contributed by atoms with Crippen LogP contribution in [-0.2, 0) is 9.84 Å². The molecule has 0 spiro atoms. The van der Waals surface area contributed by atoms with Crippen LogP contribution in [0.5, 0.6) is 11.5 Å². The fraction of sp³-hybridized carbons (Fsp3) is 0.250. The van der Waals surface area contributed by atoms with Gasteiger partial charge in [0, 0.05) is 6.07 Å². The first-order chi connectivity index (χ1) is 9.92. The Morgan fingerprint density at radius 3 is 2.29 bits per heavy atom. The van der Waals surface area contributed by atoms with Crippen molar-refractivity contribution in [1.29, 1.82) is 0 Å². The van der Waals surface area contributed by atoms with Crippen LogP contribution in [0.25, 0.3) is 0 Å². The van der Waals surface area contributed by atoms with Gasteiger partial charge in [-0.25, -0.2) is 8.42 Å². The number of hydrogen-bond acceptors (Lipinski definition) is 3. The van der Waals surface area contributed by atoms with E-state index in [9.17, 15) is 8.42 Å². The van der Waals surface area contributed by atoms with Gasteiger partial charge in [-0.1, -0.05) is 36.2 Å². The molecule has 0 aliphatic heterocycles. The molecule has 0 aliphatic rings. The molecule has 0 amide bonds. The third-order valence-electron chi connectivity index (χ3n) is 2.97. The van der Waals surface area contributed by atoms with Crippen molar-refractivity contribution in [2.75, 3.05) is 5.75 Å². The van der Waals surface area contributed by atoms with Crippen LogP contribution in [-0.4, -0.2) is 14.2 Å². The van der Waals surface area contributed by atoms with Crippen molar-refractivity contribution >= 4 is 21.4 Å². The van der Waals surface area contributed by atoms with Crippen LogP contribution in [0.3, 0.4) is 0 Å². The van der Waals surface area contributed by atoms with E-state index in [4.69, 9.17) is 16.3 Å². The SMILES string of the molecule is CCCS(=O)(=O)c1cc(Oc2ccc(C)cc2)ccc1Cl. The van der Waals surface area contributed by atoms with Crippen LogP contribution in [0.4, 0.5) is 0 Å². The van der Waals surface area contributed by atoms with Gasteiger partial charge < -0.3 is 4.74 Å². The largest absolute Gasteiger partial charge is 0.457 e. The zero-order valence-corrected chi connectivity index (χ0v) is 13.5. The van der Waals surface area contributed by atoms with Gasteiger partial charge in [-0.15, -0.1) is 0 Å². The Bertz CT molecular complexity index is 722. The van der Waals surface area contributed by atoms with E-state index in [1.54, 1.807) is 12.1 Å². The van der Waals surface area contributed by atoms with Gasteiger partial charge in [0.15, 0.2) is 9.84 Å². The zero-order valence-electron chi connectivity index (χ0n) is 12.0. The number of rotatable bonds is 5. The van der Waals surface area contributed by atoms with Crippen molar-refractivity contribution in [2.45, 2.75) is 25.2 Å². The molecule has 0 bridgehead atoms. The van der Waals surface area contributed by atoms with Crippen LogP contribution >= 0.6 is 11.6 Å². The highest BCUT2D eigenvalue weighted by Gasteiger charge is 2.18. The van der Waals surface area contributed by atoms with Crippen LogP contribution in [0, 0.1) is 6.92 Å². The molecule has 0 aliphatic carbocycles. The fourth-order valence-electron chi connectivity index (χ4n) is 1.91. The van der Waals surface area contributed by atoms with Gasteiger partial charge in [-0.2, -0.15) is 0 Å². The lowest BCUT2D eigenvalue weighted by Gasteiger charge is -2.10. The lowest BCUT2D eigenvalue weighted by Crippen LogP contribution is -2.06. The molecular formula is C16H17ClO3S. The molecule has 2 rings (SSSR count). The minimum absolute atomic E-state index is 0.0701. The number of halogens is 1. The van der Waals surface area contributed by atoms with Crippen LogP contribution in [0.2, 0.25) is 5.02 Å². The molecule has 0 N–H and O–H groups in total. The van der Waals surface area contributed by atoms with Crippen molar-refractivity contribution in [2.24, 2.45) is 0 Å². The average molecular weight is 325 g/mol. The Hall–Kier alpha value is -1.52. The molecule has 0 saturated carbocycles. The van der Waals surface area contributed by atoms with Crippen molar-refractivity contribution in [1.82, 2.24) is 0 Å². The third-order valence-corrected chi connectivity index (χ3v) is 5.36. The maximum absolute atomic E-state index is 12.2. The highest BCUT2D eigenvalue weighted by molar-refractivity contribution is 7.91. The first-order valence-electron chi connectivity index (χ1n) is 6.69. The van der Waals surface area contributed by atoms with Gasteiger partial charge in [-0.05, 0) is 37.6 Å². The molecule has 0 aromatic heterocycles. The second-order valence-electron chi connectivity index (χ2n) is 4.83. The van der Waals surface area contributed by atoms with Crippen LogP contribution in [0.15, 0.2) is 47.4 Å². The highest BCUT2D eigenvalue weighted by atomic mass is 35.5. The van der Waals surface area contributed by atoms with Crippen LogP contribution < -0.4 is 4.74 Å². The summed E-state index contributed by atoms with van der Waals surface area (Å²) in [6.45, 7) is 3.81. The monoisotopic (exact) mass is 324 g/mol. The zero-order chi connectivity index (χ0) is 15.5. The molecule has 5 heteroatoms. The summed E-state index contributed by atoms with van der Waals surface area (Å²) in [7, 11) is -3.37. The summed E-state index contributed by atoms with van der Waals surface area (Å²) >= 11 is 6.01. The topological polar surface area (TPSA) is 43.4 Å². The molecule has 0 atom stereocenters. The lowest BCUT2D eigenvalue weighted by atomic mass is 10.2. The van der Waals surface area contributed by atoms with Crippen molar-refractivity contribution in [3.05, 3.63) is 53.1 Å². The Kier molecular flexibility index (Phi) is 4.91. The quantitative estimate of drug-likeness (QED) is 0.805. The smallest absolute Gasteiger partial charge is 0.179 e. The summed E-state index contributed by atoms with van der Waals surface area (Å²) in [5, 5.41) is 0.222. The van der Waals surface area contributed by atoms with Gasteiger partial charge in [0.25, 0.3) is 0 Å². The molecule has 2 aromatic rings. The summed E-state index contributed by atoms with van der Waals surface area (Å²) in [6, 6.07) is 12.2. The molecule has 2 aromatic carbocycles. The minimum Gasteiger partial charge on any atom is -0.457 e. The highest BCUT2D eigenvalue weighted by Crippen LogP contribution is 2.30. The molecule has 0 radical (unpaired) electrons. The number of benzene rings is 2. The van der Waals surface area contributed by atoms with E-state index in [1.165, 1.54) is 6.07 Å². The molecule has 0 heterocycles. The maximum atomic E-state index is 12.2. The standard InChI is InChI=1S/C16H17ClO3S/c1-3-10-21(18,19)16-11-14(8-9-15(16)17)20-13-6-4-12(2)5-7-13/h4-9,11H,3,10H2,1-2H3. The molecule has 112 valence electrons. The second-order valence-corrected chi connectivity index (χ2v) is 7.31. The first-order valence-corrected chi connectivity index (χ1v) is 8.72. The van der Waals surface area contributed by atoms with Crippen LogP contribution in [0.1, 0.15) is 18.9 Å².